The van der Waals surface area contributed by atoms with Crippen LogP contribution >= 0.6 is 0 Å². The first-order valence-corrected chi connectivity index (χ1v) is 13.7. The Morgan fingerprint density at radius 3 is 1.56 bits per heavy atom. The van der Waals surface area contributed by atoms with E-state index < -0.39 is 0 Å². The zero-order valence-corrected chi connectivity index (χ0v) is 24.5. The molecule has 1 N–H and O–H groups in total. The minimum Gasteiger partial charge on any atom is -0.491 e. The molecule has 0 spiro atoms. The summed E-state index contributed by atoms with van der Waals surface area (Å²) in [7, 11) is 0. The minimum atomic E-state index is -0.0808. The molecular weight excluding hydrogens is 522 g/mol. The number of aliphatic hydroxyl groups is 1. The van der Waals surface area contributed by atoms with Gasteiger partial charge in [-0.05, 0) is 51.8 Å². The van der Waals surface area contributed by atoms with Gasteiger partial charge in [0.05, 0.1) is 19.8 Å². The second-order valence-corrected chi connectivity index (χ2v) is 9.01. The number of ketones is 1. The summed E-state index contributed by atoms with van der Waals surface area (Å²) in [6.45, 7) is 19.0. The maximum atomic E-state index is 11.0. The first-order valence-electron chi connectivity index (χ1n) is 13.7. The van der Waals surface area contributed by atoms with E-state index in [2.05, 4.69) is 54.9 Å². The Kier molecular flexibility index (Phi) is 14.8. The molecule has 1 fully saturated rings. The zero-order chi connectivity index (χ0) is 30.0. The molecule has 0 aromatic carbocycles. The number of likely N-dealkylation sites (tertiary alicyclic amines) is 1. The third-order valence-corrected chi connectivity index (χ3v) is 5.76. The van der Waals surface area contributed by atoms with Crippen LogP contribution in [0.1, 0.15) is 79.5 Å². The minimum absolute atomic E-state index is 0.0542. The third-order valence-electron chi connectivity index (χ3n) is 5.76. The summed E-state index contributed by atoms with van der Waals surface area (Å²) in [6, 6.07) is 0. The van der Waals surface area contributed by atoms with Crippen LogP contribution in [0.5, 0.6) is 0 Å². The van der Waals surface area contributed by atoms with Crippen molar-refractivity contribution in [3.63, 3.8) is 0 Å². The quantitative estimate of drug-likeness (QED) is 0.264. The highest BCUT2D eigenvalue weighted by Gasteiger charge is 2.12. The van der Waals surface area contributed by atoms with E-state index in [1.54, 1.807) is 37.2 Å². The highest BCUT2D eigenvalue weighted by Crippen LogP contribution is 2.12. The Morgan fingerprint density at radius 2 is 1.17 bits per heavy atom. The van der Waals surface area contributed by atoms with Crippen molar-refractivity contribution in [3.8, 4) is 0 Å². The first kappa shape index (κ1) is 33.1. The molecule has 4 rings (SSSR count). The number of aryl methyl sites for hydroxylation is 1. The molecule has 0 radical (unpaired) electrons. The van der Waals surface area contributed by atoms with E-state index in [1.807, 2.05) is 13.8 Å². The van der Waals surface area contributed by atoms with E-state index in [0.717, 1.165) is 37.2 Å². The van der Waals surface area contributed by atoms with Gasteiger partial charge in [0.2, 0.25) is 0 Å². The zero-order valence-electron chi connectivity index (χ0n) is 24.5. The molecule has 220 valence electrons. The van der Waals surface area contributed by atoms with Crippen LogP contribution in [-0.4, -0.2) is 72.0 Å². The lowest BCUT2D eigenvalue weighted by Crippen LogP contribution is -2.18. The molecule has 1 aliphatic heterocycles. The van der Waals surface area contributed by atoms with Gasteiger partial charge in [-0.3, -0.25) is 9.69 Å². The summed E-state index contributed by atoms with van der Waals surface area (Å²) < 4.78 is 10.3. The number of rotatable bonds is 11. The maximum Gasteiger partial charge on any atom is 0.196 e. The van der Waals surface area contributed by atoms with E-state index >= 15 is 0 Å². The standard InChI is InChI=1S/C11H15N3O.C10H14N2O.C9H12N2O2/c1-9(15)11-12-6-10(7-13-11)8-14-4-2-3-5-14;1-4-9-6-11-10(12-7-9)8(3)13-5-2;1-3-13-7(2)9-10-4-8(6-12)5-11-9/h6-7H,2-5,8H2,1H3;6-7H,3-5H2,1-2H3;4-5,12H,2-3,6H2,1H3. The highest BCUT2D eigenvalue weighted by molar-refractivity contribution is 5.90. The van der Waals surface area contributed by atoms with Gasteiger partial charge in [-0.25, -0.2) is 29.9 Å². The van der Waals surface area contributed by atoms with Gasteiger partial charge in [0.25, 0.3) is 0 Å². The van der Waals surface area contributed by atoms with Gasteiger partial charge in [-0.2, -0.15) is 0 Å². The number of aliphatic hydroxyl groups excluding tert-OH is 1. The van der Waals surface area contributed by atoms with Crippen molar-refractivity contribution in [2.75, 3.05) is 26.3 Å². The molecule has 0 unspecified atom stereocenters. The van der Waals surface area contributed by atoms with Crippen molar-refractivity contribution in [2.24, 2.45) is 0 Å². The van der Waals surface area contributed by atoms with Crippen LogP contribution in [0.3, 0.4) is 0 Å². The van der Waals surface area contributed by atoms with Crippen molar-refractivity contribution >= 4 is 17.3 Å². The van der Waals surface area contributed by atoms with E-state index in [1.165, 1.54) is 19.8 Å². The number of ether oxygens (including phenoxy) is 2. The SMILES string of the molecule is C=C(OCC)c1ncc(CC)cn1.C=C(OCC)c1ncc(CO)cn1.CC(=O)c1ncc(CN2CCCC2)cn1. The molecule has 3 aromatic heterocycles. The Labute approximate surface area is 242 Å². The number of aromatic nitrogens is 6. The summed E-state index contributed by atoms with van der Waals surface area (Å²) in [5.41, 5.74) is 2.88. The molecule has 0 bridgehead atoms. The summed E-state index contributed by atoms with van der Waals surface area (Å²) in [5, 5.41) is 8.74. The van der Waals surface area contributed by atoms with Crippen LogP contribution < -0.4 is 0 Å². The lowest BCUT2D eigenvalue weighted by atomic mass is 10.3. The fraction of sp³-hybridized carbons (Fsp3) is 0.433. The molecule has 1 aliphatic rings. The second kappa shape index (κ2) is 18.3. The fourth-order valence-electron chi connectivity index (χ4n) is 3.56. The number of nitrogens with zero attached hydrogens (tertiary/aromatic N) is 7. The van der Waals surface area contributed by atoms with Crippen LogP contribution in [0.25, 0.3) is 11.5 Å². The van der Waals surface area contributed by atoms with Crippen LogP contribution in [0.4, 0.5) is 0 Å². The average Bonchev–Trinajstić information content (AvgIpc) is 3.51. The maximum absolute atomic E-state index is 11.0. The lowest BCUT2D eigenvalue weighted by molar-refractivity contribution is 0.100. The van der Waals surface area contributed by atoms with E-state index in [-0.39, 0.29) is 12.4 Å². The predicted molar refractivity (Wildman–Crippen MR) is 157 cm³/mol. The van der Waals surface area contributed by atoms with Gasteiger partial charge < -0.3 is 14.6 Å². The number of hydrogen-bond acceptors (Lipinski definition) is 11. The molecule has 41 heavy (non-hydrogen) atoms. The summed E-state index contributed by atoms with van der Waals surface area (Å²) >= 11 is 0. The predicted octanol–water partition coefficient (Wildman–Crippen LogP) is 4.30. The molecule has 4 heterocycles. The Hall–Kier alpha value is -4.09. The first-order chi connectivity index (χ1) is 19.8. The van der Waals surface area contributed by atoms with Crippen LogP contribution in [0.2, 0.25) is 0 Å². The van der Waals surface area contributed by atoms with Crippen LogP contribution in [-0.2, 0) is 29.0 Å². The number of hydrogen-bond donors (Lipinski definition) is 1. The molecule has 0 aliphatic carbocycles. The lowest BCUT2D eigenvalue weighted by Gasteiger charge is -2.13. The van der Waals surface area contributed by atoms with Gasteiger partial charge in [0.15, 0.2) is 34.8 Å². The van der Waals surface area contributed by atoms with E-state index in [9.17, 15) is 4.79 Å². The summed E-state index contributed by atoms with van der Waals surface area (Å²) in [4.78, 5) is 37.6. The molecule has 3 aromatic rings. The average molecular weight is 564 g/mol. The molecule has 1 saturated heterocycles. The van der Waals surface area contributed by atoms with Crippen molar-refractivity contribution in [1.82, 2.24) is 34.8 Å². The third kappa shape index (κ3) is 11.9. The van der Waals surface area contributed by atoms with Gasteiger partial charge in [-0.1, -0.05) is 20.1 Å². The van der Waals surface area contributed by atoms with Crippen LogP contribution in [0, 0.1) is 0 Å². The Bertz CT molecular complexity index is 1150. The highest BCUT2D eigenvalue weighted by atomic mass is 16.5. The van der Waals surface area contributed by atoms with E-state index in [4.69, 9.17) is 14.6 Å². The largest absolute Gasteiger partial charge is 0.491 e. The second-order valence-electron chi connectivity index (χ2n) is 9.01. The smallest absolute Gasteiger partial charge is 0.196 e. The van der Waals surface area contributed by atoms with Gasteiger partial charge >= 0.3 is 0 Å². The summed E-state index contributed by atoms with van der Waals surface area (Å²) in [6.07, 6.45) is 13.7. The molecule has 11 heteroatoms. The number of Topliss-reactive ketones (excluding diaryl/α,β-unsaturated/α-hetero) is 1. The van der Waals surface area contributed by atoms with Gasteiger partial charge in [0, 0.05) is 61.8 Å². The summed E-state index contributed by atoms with van der Waals surface area (Å²) in [5.74, 6) is 2.23. The van der Waals surface area contributed by atoms with E-state index in [0.29, 0.717) is 47.8 Å². The van der Waals surface area contributed by atoms with Crippen molar-refractivity contribution in [1.29, 1.82) is 0 Å². The number of carbonyl (C=O) groups is 1. The molecule has 11 nitrogen and oxygen atoms in total. The van der Waals surface area contributed by atoms with Crippen LogP contribution in [0.15, 0.2) is 50.3 Å². The monoisotopic (exact) mass is 563 g/mol. The molecular formula is C30H41N7O4. The molecule has 0 amide bonds. The molecule has 0 saturated carbocycles. The normalized spacial score (nSPS) is 12.3. The van der Waals surface area contributed by atoms with Crippen molar-refractivity contribution in [2.45, 2.75) is 60.1 Å². The van der Waals surface area contributed by atoms with Gasteiger partial charge in [0.1, 0.15) is 0 Å². The molecule has 0 atom stereocenters. The fourth-order valence-corrected chi connectivity index (χ4v) is 3.56. The van der Waals surface area contributed by atoms with Crippen molar-refractivity contribution < 1.29 is 19.4 Å². The van der Waals surface area contributed by atoms with Gasteiger partial charge in [-0.15, -0.1) is 0 Å². The van der Waals surface area contributed by atoms with Crippen molar-refractivity contribution in [3.05, 3.63) is 84.5 Å². The topological polar surface area (TPSA) is 136 Å². The Balaban J connectivity index is 0.000000216. The Morgan fingerprint density at radius 1 is 0.756 bits per heavy atom. The number of carbonyl (C=O) groups excluding carboxylic acids is 1.